The van der Waals surface area contributed by atoms with E-state index in [0.717, 1.165) is 48.3 Å². The molecule has 7 heteroatoms. The first-order chi connectivity index (χ1) is 14.2. The van der Waals surface area contributed by atoms with Crippen LogP contribution in [0, 0.1) is 11.3 Å². The van der Waals surface area contributed by atoms with Crippen molar-refractivity contribution in [2.24, 2.45) is 11.3 Å². The van der Waals surface area contributed by atoms with E-state index in [9.17, 15) is 9.90 Å². The predicted molar refractivity (Wildman–Crippen MR) is 111 cm³/mol. The van der Waals surface area contributed by atoms with Gasteiger partial charge < -0.3 is 19.9 Å². The summed E-state index contributed by atoms with van der Waals surface area (Å²) in [5.41, 5.74) is 1.73. The van der Waals surface area contributed by atoms with Crippen LogP contribution in [-0.2, 0) is 0 Å². The second-order valence-corrected chi connectivity index (χ2v) is 8.21. The lowest BCUT2D eigenvalue weighted by atomic mass is 9.71. The predicted octanol–water partition coefficient (Wildman–Crippen LogP) is 2.31. The number of likely N-dealkylation sites (tertiary alicyclic amines) is 1. The van der Waals surface area contributed by atoms with Crippen LogP contribution in [0.1, 0.15) is 23.2 Å². The van der Waals surface area contributed by atoms with Gasteiger partial charge in [0.2, 0.25) is 5.95 Å². The van der Waals surface area contributed by atoms with E-state index in [1.165, 1.54) is 0 Å². The number of nitrogens with zero attached hydrogens (tertiary/aromatic N) is 4. The lowest BCUT2D eigenvalue weighted by Crippen LogP contribution is -2.47. The van der Waals surface area contributed by atoms with Crippen LogP contribution in [0.15, 0.2) is 48.9 Å². The van der Waals surface area contributed by atoms with Gasteiger partial charge in [0.05, 0.1) is 5.56 Å². The Labute approximate surface area is 169 Å². The number of anilines is 1. The molecule has 7 nitrogen and oxygen atoms in total. The summed E-state index contributed by atoms with van der Waals surface area (Å²) in [4.78, 5) is 29.2. The molecule has 1 aromatic carbocycles. The van der Waals surface area contributed by atoms with E-state index in [0.29, 0.717) is 13.1 Å². The molecule has 2 aliphatic rings. The smallest absolute Gasteiger partial charge is 0.256 e. The molecule has 1 amide bonds. The summed E-state index contributed by atoms with van der Waals surface area (Å²) in [5, 5.41) is 11.0. The lowest BCUT2D eigenvalue weighted by molar-refractivity contribution is 0.0417. The molecule has 2 N–H and O–H groups in total. The van der Waals surface area contributed by atoms with Crippen molar-refractivity contribution in [1.82, 2.24) is 19.9 Å². The highest BCUT2D eigenvalue weighted by molar-refractivity contribution is 6.06. The molecule has 2 aromatic heterocycles. The van der Waals surface area contributed by atoms with Gasteiger partial charge in [-0.1, -0.05) is 18.2 Å². The number of rotatable bonds is 3. The highest BCUT2D eigenvalue weighted by atomic mass is 16.3. The third-order valence-electron chi connectivity index (χ3n) is 6.73. The Hall–Kier alpha value is -2.93. The Bertz CT molecular complexity index is 1010. The standard InChI is InChI=1S/C22H25N5O2/c28-14-16-13-27(21-23-8-3-9-24-21)15-22(16)6-10-26(11-7-22)20(29)18-12-25-19-5-2-1-4-17(18)19/h1-5,8-9,12,16,25,28H,6-7,10-11,13-15H2. The average Bonchev–Trinajstić information content (AvgIpc) is 3.36. The second-order valence-electron chi connectivity index (χ2n) is 8.21. The van der Waals surface area contributed by atoms with E-state index in [4.69, 9.17) is 0 Å². The Morgan fingerprint density at radius 1 is 1.17 bits per heavy atom. The number of nitrogens with one attached hydrogen (secondary N) is 1. The van der Waals surface area contributed by atoms with Gasteiger partial charge in [-0.05, 0) is 30.4 Å². The molecule has 1 atom stereocenters. The number of benzene rings is 1. The minimum absolute atomic E-state index is 0.00491. The Balaban J connectivity index is 1.32. The van der Waals surface area contributed by atoms with Crippen molar-refractivity contribution in [2.45, 2.75) is 12.8 Å². The number of aliphatic hydroxyl groups is 1. The largest absolute Gasteiger partial charge is 0.396 e. The number of para-hydroxylation sites is 1. The molecule has 0 saturated carbocycles. The number of aliphatic hydroxyl groups excluding tert-OH is 1. The third-order valence-corrected chi connectivity index (χ3v) is 6.73. The number of H-pyrrole nitrogens is 1. The summed E-state index contributed by atoms with van der Waals surface area (Å²) in [6.45, 7) is 3.16. The molecule has 2 aliphatic heterocycles. The number of fused-ring (bicyclic) bond motifs is 1. The van der Waals surface area contributed by atoms with Crippen LogP contribution in [0.4, 0.5) is 5.95 Å². The molecule has 2 saturated heterocycles. The van der Waals surface area contributed by atoms with E-state index >= 15 is 0 Å². The molecule has 150 valence electrons. The van der Waals surface area contributed by atoms with Gasteiger partial charge in [-0.15, -0.1) is 0 Å². The van der Waals surface area contributed by atoms with Gasteiger partial charge >= 0.3 is 0 Å². The average molecular weight is 391 g/mol. The van der Waals surface area contributed by atoms with Crippen LogP contribution in [0.3, 0.4) is 0 Å². The molecule has 4 heterocycles. The van der Waals surface area contributed by atoms with E-state index in [2.05, 4.69) is 19.9 Å². The van der Waals surface area contributed by atoms with E-state index in [1.807, 2.05) is 41.4 Å². The van der Waals surface area contributed by atoms with Crippen LogP contribution in [0.2, 0.25) is 0 Å². The highest BCUT2D eigenvalue weighted by Gasteiger charge is 2.48. The molecule has 2 fully saturated rings. The Morgan fingerprint density at radius 3 is 2.69 bits per heavy atom. The number of piperidine rings is 1. The molecule has 5 rings (SSSR count). The van der Waals surface area contributed by atoms with Gasteiger partial charge in [-0.3, -0.25) is 4.79 Å². The van der Waals surface area contributed by atoms with Crippen molar-refractivity contribution < 1.29 is 9.90 Å². The van der Waals surface area contributed by atoms with Gasteiger partial charge in [0.25, 0.3) is 5.91 Å². The maximum absolute atomic E-state index is 13.1. The quantitative estimate of drug-likeness (QED) is 0.716. The summed E-state index contributed by atoms with van der Waals surface area (Å²) in [5.74, 6) is 0.982. The lowest BCUT2D eigenvalue weighted by Gasteiger charge is -2.42. The van der Waals surface area contributed by atoms with E-state index in [-0.39, 0.29) is 23.8 Å². The summed E-state index contributed by atoms with van der Waals surface area (Å²) in [6.07, 6.45) is 7.09. The van der Waals surface area contributed by atoms with Crippen LogP contribution < -0.4 is 4.90 Å². The minimum atomic E-state index is 0.00491. The van der Waals surface area contributed by atoms with Crippen molar-refractivity contribution >= 4 is 22.8 Å². The molecular formula is C22H25N5O2. The first-order valence-electron chi connectivity index (χ1n) is 10.2. The second kappa shape index (κ2) is 7.15. The maximum atomic E-state index is 13.1. The van der Waals surface area contributed by atoms with Crippen LogP contribution >= 0.6 is 0 Å². The minimum Gasteiger partial charge on any atom is -0.396 e. The van der Waals surface area contributed by atoms with Crippen molar-refractivity contribution in [1.29, 1.82) is 0 Å². The number of carbonyl (C=O) groups is 1. The number of carbonyl (C=O) groups excluding carboxylic acids is 1. The van der Waals surface area contributed by atoms with Gasteiger partial charge in [-0.2, -0.15) is 0 Å². The molecule has 3 aromatic rings. The molecule has 0 radical (unpaired) electrons. The maximum Gasteiger partial charge on any atom is 0.256 e. The Morgan fingerprint density at radius 2 is 1.93 bits per heavy atom. The molecule has 1 spiro atoms. The van der Waals surface area contributed by atoms with Crippen molar-refractivity contribution in [2.75, 3.05) is 37.7 Å². The summed E-state index contributed by atoms with van der Waals surface area (Å²) < 4.78 is 0. The van der Waals surface area contributed by atoms with Crippen LogP contribution in [-0.4, -0.2) is 63.7 Å². The van der Waals surface area contributed by atoms with Gasteiger partial charge in [0.15, 0.2) is 0 Å². The molecular weight excluding hydrogens is 366 g/mol. The zero-order chi connectivity index (χ0) is 19.8. The first-order valence-corrected chi connectivity index (χ1v) is 10.2. The summed E-state index contributed by atoms with van der Waals surface area (Å²) >= 11 is 0. The molecule has 0 bridgehead atoms. The first kappa shape index (κ1) is 18.1. The van der Waals surface area contributed by atoms with Crippen LogP contribution in [0.25, 0.3) is 10.9 Å². The Kier molecular flexibility index (Phi) is 4.47. The molecule has 29 heavy (non-hydrogen) atoms. The van der Waals surface area contributed by atoms with Gasteiger partial charge in [-0.25, -0.2) is 9.97 Å². The van der Waals surface area contributed by atoms with Crippen molar-refractivity contribution in [3.63, 3.8) is 0 Å². The molecule has 1 unspecified atom stereocenters. The van der Waals surface area contributed by atoms with Crippen LogP contribution in [0.5, 0.6) is 0 Å². The van der Waals surface area contributed by atoms with Crippen molar-refractivity contribution in [3.8, 4) is 0 Å². The topological polar surface area (TPSA) is 85.4 Å². The zero-order valence-electron chi connectivity index (χ0n) is 16.3. The monoisotopic (exact) mass is 391 g/mol. The third kappa shape index (κ3) is 3.06. The summed E-state index contributed by atoms with van der Waals surface area (Å²) in [7, 11) is 0. The van der Waals surface area contributed by atoms with Gasteiger partial charge in [0, 0.05) is 68.2 Å². The zero-order valence-corrected chi connectivity index (χ0v) is 16.3. The van der Waals surface area contributed by atoms with E-state index in [1.54, 1.807) is 12.4 Å². The number of hydrogen-bond donors (Lipinski definition) is 2. The van der Waals surface area contributed by atoms with Gasteiger partial charge in [0.1, 0.15) is 0 Å². The molecule has 0 aliphatic carbocycles. The highest BCUT2D eigenvalue weighted by Crippen LogP contribution is 2.45. The normalized spacial score (nSPS) is 21.2. The SMILES string of the molecule is O=C(c1c[nH]c2ccccc12)N1CCC2(CC1)CN(c1ncccn1)CC2CO. The number of hydrogen-bond acceptors (Lipinski definition) is 5. The van der Waals surface area contributed by atoms with E-state index < -0.39 is 0 Å². The summed E-state index contributed by atoms with van der Waals surface area (Å²) in [6, 6.07) is 9.72. The number of aromatic nitrogens is 3. The van der Waals surface area contributed by atoms with Crippen molar-refractivity contribution in [3.05, 3.63) is 54.5 Å². The number of aromatic amines is 1. The fourth-order valence-electron chi connectivity index (χ4n) is 5.03. The fraction of sp³-hybridized carbons (Fsp3) is 0.409. The fourth-order valence-corrected chi connectivity index (χ4v) is 5.03. The number of amides is 1.